The van der Waals surface area contributed by atoms with Crippen molar-refractivity contribution in [1.29, 1.82) is 0 Å². The van der Waals surface area contributed by atoms with Gasteiger partial charge in [0, 0.05) is 15.3 Å². The Morgan fingerprint density at radius 1 is 1.14 bits per heavy atom. The summed E-state index contributed by atoms with van der Waals surface area (Å²) in [5, 5.41) is 11.8. The van der Waals surface area contributed by atoms with E-state index in [4.69, 9.17) is 5.11 Å². The van der Waals surface area contributed by atoms with Crippen LogP contribution in [0, 0.1) is 13.8 Å². The van der Waals surface area contributed by atoms with Crippen LogP contribution in [0.3, 0.4) is 0 Å². The summed E-state index contributed by atoms with van der Waals surface area (Å²) in [7, 11) is 0. The topological polar surface area (TPSA) is 66.4 Å². The second-order valence-corrected chi connectivity index (χ2v) is 6.41. The Labute approximate surface area is 127 Å². The largest absolute Gasteiger partial charge is 0.478 e. The fraction of sp³-hybridized carbons (Fsp3) is 0.250. The number of carbonyl (C=O) groups excluding carboxylic acids is 1. The van der Waals surface area contributed by atoms with Crippen LogP contribution >= 0.6 is 11.3 Å². The van der Waals surface area contributed by atoms with Crippen LogP contribution in [-0.2, 0) is 0 Å². The molecule has 1 amide bonds. The van der Waals surface area contributed by atoms with E-state index in [2.05, 4.69) is 11.4 Å². The first-order valence-corrected chi connectivity index (χ1v) is 7.41. The summed E-state index contributed by atoms with van der Waals surface area (Å²) in [5.41, 5.74) is 1.74. The van der Waals surface area contributed by atoms with Crippen LogP contribution in [0.1, 0.15) is 49.0 Å². The lowest BCUT2D eigenvalue weighted by Crippen LogP contribution is -2.26. The van der Waals surface area contributed by atoms with E-state index < -0.39 is 5.97 Å². The molecule has 1 heterocycles. The predicted octanol–water partition coefficient (Wildman–Crippen LogP) is 3.55. The third kappa shape index (κ3) is 3.49. The highest BCUT2D eigenvalue weighted by Gasteiger charge is 2.15. The number of carbonyl (C=O) groups is 2. The zero-order valence-corrected chi connectivity index (χ0v) is 13.0. The van der Waals surface area contributed by atoms with Gasteiger partial charge in [0.1, 0.15) is 0 Å². The standard InChI is InChI=1S/C16H17NO3S/c1-9-8-14(11(3)21-9)10(2)17-15(18)12-4-6-13(7-5-12)16(19)20/h4-8,10H,1-3H3,(H,17,18)(H,19,20). The molecule has 2 rings (SSSR count). The van der Waals surface area contributed by atoms with Gasteiger partial charge in [0.25, 0.3) is 5.91 Å². The molecule has 0 bridgehead atoms. The Kier molecular flexibility index (Phi) is 4.43. The van der Waals surface area contributed by atoms with Gasteiger partial charge < -0.3 is 10.4 Å². The zero-order chi connectivity index (χ0) is 15.6. The van der Waals surface area contributed by atoms with Crippen molar-refractivity contribution in [3.05, 3.63) is 56.8 Å². The molecule has 1 aromatic carbocycles. The van der Waals surface area contributed by atoms with Crippen LogP contribution < -0.4 is 5.32 Å². The van der Waals surface area contributed by atoms with Crippen LogP contribution in [0.2, 0.25) is 0 Å². The molecular formula is C16H17NO3S. The molecule has 21 heavy (non-hydrogen) atoms. The van der Waals surface area contributed by atoms with E-state index in [1.165, 1.54) is 34.0 Å². The van der Waals surface area contributed by atoms with Gasteiger partial charge in [-0.2, -0.15) is 0 Å². The molecule has 1 atom stereocenters. The van der Waals surface area contributed by atoms with Gasteiger partial charge in [0.2, 0.25) is 0 Å². The fourth-order valence-corrected chi connectivity index (χ4v) is 3.22. The highest BCUT2D eigenvalue weighted by molar-refractivity contribution is 7.12. The van der Waals surface area contributed by atoms with Crippen molar-refractivity contribution in [3.8, 4) is 0 Å². The zero-order valence-electron chi connectivity index (χ0n) is 12.1. The number of aromatic carboxylic acids is 1. The molecule has 2 N–H and O–H groups in total. The SMILES string of the molecule is Cc1cc(C(C)NC(=O)c2ccc(C(=O)O)cc2)c(C)s1. The first-order chi connectivity index (χ1) is 9.88. The van der Waals surface area contributed by atoms with E-state index in [0.717, 1.165) is 5.56 Å². The van der Waals surface area contributed by atoms with E-state index in [-0.39, 0.29) is 17.5 Å². The Morgan fingerprint density at radius 3 is 2.19 bits per heavy atom. The quantitative estimate of drug-likeness (QED) is 0.907. The summed E-state index contributed by atoms with van der Waals surface area (Å²) in [5.74, 6) is -1.21. The molecule has 0 spiro atoms. The maximum absolute atomic E-state index is 12.2. The molecule has 110 valence electrons. The first-order valence-electron chi connectivity index (χ1n) is 6.59. The van der Waals surface area contributed by atoms with Crippen molar-refractivity contribution in [2.75, 3.05) is 0 Å². The van der Waals surface area contributed by atoms with Gasteiger partial charge in [-0.3, -0.25) is 4.79 Å². The van der Waals surface area contributed by atoms with Crippen molar-refractivity contribution in [2.24, 2.45) is 0 Å². The maximum Gasteiger partial charge on any atom is 0.335 e. The number of rotatable bonds is 4. The molecule has 1 aromatic heterocycles. The van der Waals surface area contributed by atoms with Crippen LogP contribution in [-0.4, -0.2) is 17.0 Å². The second kappa shape index (κ2) is 6.10. The fourth-order valence-electron chi connectivity index (χ4n) is 2.20. The lowest BCUT2D eigenvalue weighted by Gasteiger charge is -2.14. The number of benzene rings is 1. The van der Waals surface area contributed by atoms with E-state index in [1.807, 2.05) is 20.8 Å². The molecule has 2 aromatic rings. The minimum Gasteiger partial charge on any atom is -0.478 e. The lowest BCUT2D eigenvalue weighted by molar-refractivity contribution is 0.0696. The normalized spacial score (nSPS) is 12.0. The van der Waals surface area contributed by atoms with Gasteiger partial charge >= 0.3 is 5.97 Å². The Bertz CT molecular complexity index is 673. The summed E-state index contributed by atoms with van der Waals surface area (Å²) < 4.78 is 0. The highest BCUT2D eigenvalue weighted by Crippen LogP contribution is 2.26. The number of nitrogens with one attached hydrogen (secondary N) is 1. The van der Waals surface area contributed by atoms with Gasteiger partial charge in [-0.1, -0.05) is 0 Å². The summed E-state index contributed by atoms with van der Waals surface area (Å²) in [6, 6.07) is 7.91. The van der Waals surface area contributed by atoms with Gasteiger partial charge in [-0.25, -0.2) is 4.79 Å². The number of thiophene rings is 1. The van der Waals surface area contributed by atoms with Crippen molar-refractivity contribution in [2.45, 2.75) is 26.8 Å². The van der Waals surface area contributed by atoms with Crippen LogP contribution in [0.4, 0.5) is 0 Å². The minimum absolute atomic E-state index is 0.0819. The predicted molar refractivity (Wildman–Crippen MR) is 83.1 cm³/mol. The smallest absolute Gasteiger partial charge is 0.335 e. The molecular weight excluding hydrogens is 286 g/mol. The molecule has 0 saturated carbocycles. The Hall–Kier alpha value is -2.14. The van der Waals surface area contributed by atoms with Crippen LogP contribution in [0.15, 0.2) is 30.3 Å². The van der Waals surface area contributed by atoms with Crippen LogP contribution in [0.5, 0.6) is 0 Å². The number of hydrogen-bond acceptors (Lipinski definition) is 3. The van der Waals surface area contributed by atoms with Crippen molar-refractivity contribution >= 4 is 23.2 Å². The first kappa shape index (κ1) is 15.3. The Balaban J connectivity index is 2.10. The molecule has 0 fully saturated rings. The molecule has 5 heteroatoms. The van der Waals surface area contributed by atoms with Crippen LogP contribution in [0.25, 0.3) is 0 Å². The van der Waals surface area contributed by atoms with Gasteiger partial charge in [-0.15, -0.1) is 11.3 Å². The molecule has 0 saturated heterocycles. The second-order valence-electron chi connectivity index (χ2n) is 4.95. The number of amides is 1. The third-order valence-corrected chi connectivity index (χ3v) is 4.27. The number of carboxylic acid groups (broad SMARTS) is 1. The Morgan fingerprint density at radius 2 is 1.71 bits per heavy atom. The van der Waals surface area contributed by atoms with E-state index in [9.17, 15) is 9.59 Å². The summed E-state index contributed by atoms with van der Waals surface area (Å²) >= 11 is 1.71. The molecule has 0 aliphatic rings. The van der Waals surface area contributed by atoms with Gasteiger partial charge in [-0.05, 0) is 56.7 Å². The maximum atomic E-state index is 12.2. The summed E-state index contributed by atoms with van der Waals surface area (Å²) in [4.78, 5) is 25.4. The van der Waals surface area contributed by atoms with Crippen molar-refractivity contribution < 1.29 is 14.7 Å². The average molecular weight is 303 g/mol. The lowest BCUT2D eigenvalue weighted by atomic mass is 10.1. The van der Waals surface area contributed by atoms with E-state index in [1.54, 1.807) is 11.3 Å². The number of carboxylic acids is 1. The van der Waals surface area contributed by atoms with E-state index in [0.29, 0.717) is 5.56 Å². The molecule has 0 aliphatic carbocycles. The van der Waals surface area contributed by atoms with Gasteiger partial charge in [0.05, 0.1) is 11.6 Å². The minimum atomic E-state index is -1.00. The van der Waals surface area contributed by atoms with Crippen molar-refractivity contribution in [1.82, 2.24) is 5.32 Å². The number of aryl methyl sites for hydroxylation is 2. The monoisotopic (exact) mass is 303 g/mol. The summed E-state index contributed by atoms with van der Waals surface area (Å²) in [6.45, 7) is 6.02. The molecule has 0 radical (unpaired) electrons. The van der Waals surface area contributed by atoms with Gasteiger partial charge in [0.15, 0.2) is 0 Å². The average Bonchev–Trinajstić information content (AvgIpc) is 2.77. The van der Waals surface area contributed by atoms with Crippen molar-refractivity contribution in [3.63, 3.8) is 0 Å². The summed E-state index contributed by atoms with van der Waals surface area (Å²) in [6.07, 6.45) is 0. The molecule has 0 aliphatic heterocycles. The number of hydrogen-bond donors (Lipinski definition) is 2. The molecule has 4 nitrogen and oxygen atoms in total. The highest BCUT2D eigenvalue weighted by atomic mass is 32.1. The molecule has 1 unspecified atom stereocenters. The third-order valence-electron chi connectivity index (χ3n) is 3.29. The van der Waals surface area contributed by atoms with E-state index >= 15 is 0 Å².